The zero-order valence-corrected chi connectivity index (χ0v) is 11.6. The first-order valence-electron chi connectivity index (χ1n) is 5.59. The van der Waals surface area contributed by atoms with E-state index in [-0.39, 0.29) is 0 Å². The monoisotopic (exact) mass is 303 g/mol. The molecule has 0 atom stereocenters. The number of rotatable bonds is 1. The average molecular weight is 304 g/mol. The Labute approximate surface area is 112 Å². The topological polar surface area (TPSA) is 50.1 Å². The number of benzene rings is 1. The molecule has 0 radical (unpaired) electrons. The lowest BCUT2D eigenvalue weighted by Crippen LogP contribution is -1.85. The fourth-order valence-corrected chi connectivity index (χ4v) is 2.89. The smallest absolute Gasteiger partial charge is 0.149 e. The number of hydrogen-bond acceptors (Lipinski definition) is 3. The van der Waals surface area contributed by atoms with Gasteiger partial charge in [-0.1, -0.05) is 0 Å². The van der Waals surface area contributed by atoms with Crippen LogP contribution in [0.3, 0.4) is 0 Å². The van der Waals surface area contributed by atoms with Gasteiger partial charge in [-0.2, -0.15) is 5.26 Å². The van der Waals surface area contributed by atoms with E-state index in [2.05, 4.69) is 22.0 Å². The molecule has 2 aromatic heterocycles. The molecule has 4 heteroatoms. The van der Waals surface area contributed by atoms with Crippen molar-refractivity contribution in [2.24, 2.45) is 0 Å². The highest BCUT2D eigenvalue weighted by atomic mass is 79.9. The van der Waals surface area contributed by atoms with Crippen LogP contribution in [0.2, 0.25) is 0 Å². The Morgan fingerprint density at radius 1 is 1.11 bits per heavy atom. The molecule has 3 aromatic rings. The quantitative estimate of drug-likeness (QED) is 0.659. The molecule has 0 amide bonds. The molecule has 0 N–H and O–H groups in total. The van der Waals surface area contributed by atoms with Crippen molar-refractivity contribution in [2.75, 3.05) is 0 Å². The van der Waals surface area contributed by atoms with Gasteiger partial charge in [-0.05, 0) is 41.9 Å². The number of nitrogens with zero attached hydrogens (tertiary/aromatic N) is 1. The minimum absolute atomic E-state index is 0.312. The molecular formula is C14H10BrNO2. The second kappa shape index (κ2) is 3.89. The van der Waals surface area contributed by atoms with Crippen molar-refractivity contribution in [1.29, 1.82) is 5.26 Å². The number of halogens is 1. The van der Waals surface area contributed by atoms with Crippen LogP contribution in [-0.2, 0) is 6.42 Å². The summed E-state index contributed by atoms with van der Waals surface area (Å²) in [5.41, 5.74) is 2.45. The summed E-state index contributed by atoms with van der Waals surface area (Å²) in [6.45, 7) is 3.80. The summed E-state index contributed by atoms with van der Waals surface area (Å²) in [4.78, 5) is 0. The maximum atomic E-state index is 8.99. The molecule has 0 spiro atoms. The SMILES string of the molecule is Cc1cc2c(CC#N)c3oc(C)cc3c(Br)c2o1. The van der Waals surface area contributed by atoms with Gasteiger partial charge in [0.25, 0.3) is 0 Å². The van der Waals surface area contributed by atoms with Gasteiger partial charge in [-0.15, -0.1) is 0 Å². The molecule has 0 saturated carbocycles. The number of aryl methyl sites for hydroxylation is 2. The van der Waals surface area contributed by atoms with E-state index in [0.29, 0.717) is 6.42 Å². The van der Waals surface area contributed by atoms with Crippen molar-refractivity contribution in [3.63, 3.8) is 0 Å². The zero-order chi connectivity index (χ0) is 12.9. The van der Waals surface area contributed by atoms with Gasteiger partial charge in [-0.3, -0.25) is 0 Å². The molecule has 3 nitrogen and oxygen atoms in total. The van der Waals surface area contributed by atoms with Crippen LogP contribution in [0.1, 0.15) is 17.1 Å². The molecule has 18 heavy (non-hydrogen) atoms. The number of hydrogen-bond donors (Lipinski definition) is 0. The maximum absolute atomic E-state index is 8.99. The van der Waals surface area contributed by atoms with Gasteiger partial charge in [0.2, 0.25) is 0 Å². The van der Waals surface area contributed by atoms with Crippen molar-refractivity contribution in [3.05, 3.63) is 33.7 Å². The lowest BCUT2D eigenvalue weighted by molar-refractivity contribution is 0.572. The summed E-state index contributed by atoms with van der Waals surface area (Å²) in [5, 5.41) is 10.9. The molecular weight excluding hydrogens is 294 g/mol. The van der Waals surface area contributed by atoms with Crippen molar-refractivity contribution >= 4 is 37.9 Å². The molecule has 0 bridgehead atoms. The Morgan fingerprint density at radius 3 is 2.39 bits per heavy atom. The summed E-state index contributed by atoms with van der Waals surface area (Å²) in [6.07, 6.45) is 0.312. The van der Waals surface area contributed by atoms with E-state index in [0.717, 1.165) is 43.5 Å². The molecule has 0 unspecified atom stereocenters. The second-order valence-electron chi connectivity index (χ2n) is 4.33. The first kappa shape index (κ1) is 11.4. The fraction of sp³-hybridized carbons (Fsp3) is 0.214. The molecule has 3 rings (SSSR count). The zero-order valence-electron chi connectivity index (χ0n) is 10.0. The van der Waals surface area contributed by atoms with Gasteiger partial charge < -0.3 is 8.83 Å². The van der Waals surface area contributed by atoms with Crippen LogP contribution >= 0.6 is 15.9 Å². The molecule has 0 saturated heterocycles. The third-order valence-electron chi connectivity index (χ3n) is 3.00. The Balaban J connectivity index is 2.57. The van der Waals surface area contributed by atoms with E-state index in [1.165, 1.54) is 0 Å². The van der Waals surface area contributed by atoms with E-state index in [9.17, 15) is 0 Å². The molecule has 0 aliphatic rings. The standard InChI is InChI=1S/C14H10BrNO2/c1-7-5-10-9(3-4-16)13-11(6-8(2)17-13)12(15)14(10)18-7/h5-6H,3H2,1-2H3. The van der Waals surface area contributed by atoms with Crippen molar-refractivity contribution < 1.29 is 8.83 Å². The first-order valence-corrected chi connectivity index (χ1v) is 6.38. The fourth-order valence-electron chi connectivity index (χ4n) is 2.30. The third kappa shape index (κ3) is 1.48. The van der Waals surface area contributed by atoms with Crippen LogP contribution in [0.4, 0.5) is 0 Å². The van der Waals surface area contributed by atoms with Crippen LogP contribution in [0, 0.1) is 25.2 Å². The van der Waals surface area contributed by atoms with Gasteiger partial charge in [0, 0.05) is 16.3 Å². The van der Waals surface area contributed by atoms with E-state index >= 15 is 0 Å². The maximum Gasteiger partial charge on any atom is 0.149 e. The van der Waals surface area contributed by atoms with Crippen LogP contribution in [0.5, 0.6) is 0 Å². The number of nitriles is 1. The van der Waals surface area contributed by atoms with Gasteiger partial charge >= 0.3 is 0 Å². The molecule has 1 aromatic carbocycles. The molecule has 0 fully saturated rings. The highest BCUT2D eigenvalue weighted by molar-refractivity contribution is 9.10. The van der Waals surface area contributed by atoms with Gasteiger partial charge in [-0.25, -0.2) is 0 Å². The first-order chi connectivity index (χ1) is 8.61. The summed E-state index contributed by atoms with van der Waals surface area (Å²) in [6, 6.07) is 6.09. The Hall–Kier alpha value is -1.73. The summed E-state index contributed by atoms with van der Waals surface area (Å²) in [5.74, 6) is 1.66. The van der Waals surface area contributed by atoms with E-state index < -0.39 is 0 Å². The molecule has 2 heterocycles. The predicted octanol–water partition coefficient (Wildman–Crippen LogP) is 4.62. The minimum atomic E-state index is 0.312. The van der Waals surface area contributed by atoms with Crippen molar-refractivity contribution in [2.45, 2.75) is 20.3 Å². The summed E-state index contributed by atoms with van der Waals surface area (Å²) in [7, 11) is 0. The highest BCUT2D eigenvalue weighted by Crippen LogP contribution is 2.39. The summed E-state index contributed by atoms with van der Waals surface area (Å²) >= 11 is 3.56. The Morgan fingerprint density at radius 2 is 1.72 bits per heavy atom. The van der Waals surface area contributed by atoms with Crippen molar-refractivity contribution in [3.8, 4) is 6.07 Å². The Kier molecular flexibility index (Phi) is 2.46. The van der Waals surface area contributed by atoms with Crippen LogP contribution in [-0.4, -0.2) is 0 Å². The number of fused-ring (bicyclic) bond motifs is 2. The van der Waals surface area contributed by atoms with E-state index in [4.69, 9.17) is 14.1 Å². The van der Waals surface area contributed by atoms with E-state index in [1.807, 2.05) is 26.0 Å². The molecule has 90 valence electrons. The second-order valence-corrected chi connectivity index (χ2v) is 5.12. The lowest BCUT2D eigenvalue weighted by Gasteiger charge is -2.02. The molecule has 0 aliphatic heterocycles. The normalized spacial score (nSPS) is 11.2. The molecule has 0 aliphatic carbocycles. The summed E-state index contributed by atoms with van der Waals surface area (Å²) < 4.78 is 12.3. The lowest BCUT2D eigenvalue weighted by atomic mass is 10.0. The average Bonchev–Trinajstić information content (AvgIpc) is 2.88. The largest absolute Gasteiger partial charge is 0.461 e. The van der Waals surface area contributed by atoms with Gasteiger partial charge in [0.1, 0.15) is 22.7 Å². The Bertz CT molecular complexity index is 747. The van der Waals surface area contributed by atoms with Crippen molar-refractivity contribution in [1.82, 2.24) is 0 Å². The third-order valence-corrected chi connectivity index (χ3v) is 3.79. The van der Waals surface area contributed by atoms with E-state index in [1.54, 1.807) is 0 Å². The van der Waals surface area contributed by atoms with Crippen LogP contribution in [0.25, 0.3) is 21.9 Å². The highest BCUT2D eigenvalue weighted by Gasteiger charge is 2.18. The van der Waals surface area contributed by atoms with Crippen LogP contribution in [0.15, 0.2) is 25.4 Å². The number of furan rings is 2. The van der Waals surface area contributed by atoms with Gasteiger partial charge in [0.15, 0.2) is 0 Å². The van der Waals surface area contributed by atoms with Gasteiger partial charge in [0.05, 0.1) is 17.0 Å². The minimum Gasteiger partial charge on any atom is -0.461 e. The van der Waals surface area contributed by atoms with Crippen LogP contribution < -0.4 is 0 Å². The predicted molar refractivity (Wildman–Crippen MR) is 72.5 cm³/mol.